The number of fused-ring (bicyclic) bond motifs is 3. The van der Waals surface area contributed by atoms with E-state index in [4.69, 9.17) is 5.73 Å². The fourth-order valence-electron chi connectivity index (χ4n) is 4.83. The van der Waals surface area contributed by atoms with E-state index in [0.29, 0.717) is 5.54 Å². The number of rotatable bonds is 2. The van der Waals surface area contributed by atoms with E-state index < -0.39 is 0 Å². The molecule has 1 aromatic rings. The maximum Gasteiger partial charge on any atom is 0.0369 e. The van der Waals surface area contributed by atoms with Crippen molar-refractivity contribution in [1.29, 1.82) is 0 Å². The minimum Gasteiger partial charge on any atom is -0.329 e. The van der Waals surface area contributed by atoms with Crippen molar-refractivity contribution in [2.24, 2.45) is 17.6 Å². The van der Waals surface area contributed by atoms with Crippen LogP contribution in [0, 0.1) is 11.8 Å². The first-order chi connectivity index (χ1) is 8.82. The Morgan fingerprint density at radius 3 is 2.39 bits per heavy atom. The van der Waals surface area contributed by atoms with E-state index in [-0.39, 0.29) is 0 Å². The van der Waals surface area contributed by atoms with E-state index in [1.807, 2.05) is 0 Å². The number of benzene rings is 1. The summed E-state index contributed by atoms with van der Waals surface area (Å²) in [5.74, 6) is 1.82. The monoisotopic (exact) mass is 242 g/mol. The van der Waals surface area contributed by atoms with Crippen LogP contribution in [0.4, 0.5) is 0 Å². The molecule has 3 unspecified atom stereocenters. The average molecular weight is 242 g/mol. The largest absolute Gasteiger partial charge is 0.329 e. The lowest BCUT2D eigenvalue weighted by atomic mass is 9.79. The van der Waals surface area contributed by atoms with Crippen LogP contribution in [0.25, 0.3) is 0 Å². The van der Waals surface area contributed by atoms with E-state index in [1.54, 1.807) is 0 Å². The van der Waals surface area contributed by atoms with Crippen molar-refractivity contribution in [2.45, 2.75) is 44.3 Å². The van der Waals surface area contributed by atoms with Crippen LogP contribution in [0.3, 0.4) is 0 Å². The molecule has 2 aliphatic carbocycles. The smallest absolute Gasteiger partial charge is 0.0369 e. The molecule has 0 saturated heterocycles. The lowest BCUT2D eigenvalue weighted by Gasteiger charge is -2.44. The maximum atomic E-state index is 6.23. The van der Waals surface area contributed by atoms with Crippen molar-refractivity contribution >= 4 is 0 Å². The molecule has 4 rings (SSSR count). The fraction of sp³-hybridized carbons (Fsp3) is 0.625. The maximum absolute atomic E-state index is 6.23. The van der Waals surface area contributed by atoms with Gasteiger partial charge in [-0.05, 0) is 42.2 Å². The summed E-state index contributed by atoms with van der Waals surface area (Å²) in [6.45, 7) is 3.09. The van der Waals surface area contributed by atoms with Gasteiger partial charge < -0.3 is 5.73 Å². The zero-order chi connectivity index (χ0) is 12.2. The van der Waals surface area contributed by atoms with Crippen LogP contribution in [-0.2, 0) is 13.1 Å². The first kappa shape index (κ1) is 11.0. The molecule has 1 aliphatic heterocycles. The van der Waals surface area contributed by atoms with E-state index in [0.717, 1.165) is 31.5 Å². The van der Waals surface area contributed by atoms with Crippen molar-refractivity contribution in [3.8, 4) is 0 Å². The van der Waals surface area contributed by atoms with Gasteiger partial charge in [-0.25, -0.2) is 0 Å². The molecule has 0 amide bonds. The molecule has 96 valence electrons. The standard InChI is InChI=1S/C16H22N2/c17-11-16(8-12-5-6-15(16)7-12)18-9-13-3-1-2-4-14(13)10-18/h1-4,12,15H,5-11,17H2. The predicted molar refractivity (Wildman–Crippen MR) is 72.9 cm³/mol. The van der Waals surface area contributed by atoms with Gasteiger partial charge in [-0.15, -0.1) is 0 Å². The Balaban J connectivity index is 1.65. The second-order valence-electron chi connectivity index (χ2n) is 6.51. The van der Waals surface area contributed by atoms with E-state index >= 15 is 0 Å². The van der Waals surface area contributed by atoms with Crippen LogP contribution in [0.15, 0.2) is 24.3 Å². The third-order valence-corrected chi connectivity index (χ3v) is 5.77. The molecule has 1 heterocycles. The highest BCUT2D eigenvalue weighted by molar-refractivity contribution is 5.31. The lowest BCUT2D eigenvalue weighted by Crippen LogP contribution is -2.55. The molecular formula is C16H22N2. The first-order valence-corrected chi connectivity index (χ1v) is 7.34. The van der Waals surface area contributed by atoms with Crippen LogP contribution in [0.2, 0.25) is 0 Å². The minimum absolute atomic E-state index is 0.321. The fourth-order valence-corrected chi connectivity index (χ4v) is 4.83. The van der Waals surface area contributed by atoms with Gasteiger partial charge in [0, 0.05) is 25.2 Å². The Bertz CT molecular complexity index is 445. The second kappa shape index (κ2) is 3.82. The van der Waals surface area contributed by atoms with Gasteiger partial charge in [0.05, 0.1) is 0 Å². The van der Waals surface area contributed by atoms with Gasteiger partial charge in [-0.3, -0.25) is 4.90 Å². The SMILES string of the molecule is NCC1(N2Cc3ccccc3C2)CC2CCC1C2. The van der Waals surface area contributed by atoms with Crippen LogP contribution in [0.5, 0.6) is 0 Å². The van der Waals surface area contributed by atoms with Gasteiger partial charge in [0.15, 0.2) is 0 Å². The first-order valence-electron chi connectivity index (χ1n) is 7.34. The lowest BCUT2D eigenvalue weighted by molar-refractivity contribution is 0.0382. The molecule has 0 aromatic heterocycles. The van der Waals surface area contributed by atoms with Crippen molar-refractivity contribution in [1.82, 2.24) is 4.90 Å². The molecular weight excluding hydrogens is 220 g/mol. The van der Waals surface area contributed by atoms with E-state index in [1.165, 1.54) is 36.8 Å². The van der Waals surface area contributed by atoms with Gasteiger partial charge in [0.2, 0.25) is 0 Å². The topological polar surface area (TPSA) is 29.3 Å². The highest BCUT2D eigenvalue weighted by Gasteiger charge is 2.53. The Morgan fingerprint density at radius 1 is 1.17 bits per heavy atom. The zero-order valence-corrected chi connectivity index (χ0v) is 10.9. The quantitative estimate of drug-likeness (QED) is 0.863. The molecule has 2 saturated carbocycles. The Kier molecular flexibility index (Phi) is 2.33. The molecule has 3 atom stereocenters. The Hall–Kier alpha value is -0.860. The molecule has 18 heavy (non-hydrogen) atoms. The summed E-state index contributed by atoms with van der Waals surface area (Å²) < 4.78 is 0. The van der Waals surface area contributed by atoms with Crippen LogP contribution >= 0.6 is 0 Å². The van der Waals surface area contributed by atoms with Crippen molar-refractivity contribution in [3.63, 3.8) is 0 Å². The summed E-state index contributed by atoms with van der Waals surface area (Å²) >= 11 is 0. The average Bonchev–Trinajstić information content (AvgIpc) is 3.11. The van der Waals surface area contributed by atoms with Crippen LogP contribution in [0.1, 0.15) is 36.8 Å². The van der Waals surface area contributed by atoms with Gasteiger partial charge in [-0.2, -0.15) is 0 Å². The van der Waals surface area contributed by atoms with Gasteiger partial charge in [-0.1, -0.05) is 30.7 Å². The zero-order valence-electron chi connectivity index (χ0n) is 10.9. The molecule has 2 fully saturated rings. The molecule has 2 nitrogen and oxygen atoms in total. The highest BCUT2D eigenvalue weighted by Crippen LogP contribution is 2.54. The third kappa shape index (κ3) is 1.36. The summed E-state index contributed by atoms with van der Waals surface area (Å²) in [5.41, 5.74) is 9.59. The number of nitrogens with two attached hydrogens (primary N) is 1. The van der Waals surface area contributed by atoms with Crippen molar-refractivity contribution in [3.05, 3.63) is 35.4 Å². The van der Waals surface area contributed by atoms with E-state index in [9.17, 15) is 0 Å². The number of hydrogen-bond acceptors (Lipinski definition) is 2. The van der Waals surface area contributed by atoms with Crippen molar-refractivity contribution in [2.75, 3.05) is 6.54 Å². The number of nitrogens with zero attached hydrogens (tertiary/aromatic N) is 1. The highest BCUT2D eigenvalue weighted by atomic mass is 15.2. The molecule has 2 bridgehead atoms. The van der Waals surface area contributed by atoms with Crippen LogP contribution in [-0.4, -0.2) is 17.0 Å². The second-order valence-corrected chi connectivity index (χ2v) is 6.51. The van der Waals surface area contributed by atoms with Gasteiger partial charge in [0.1, 0.15) is 0 Å². The van der Waals surface area contributed by atoms with Gasteiger partial charge >= 0.3 is 0 Å². The third-order valence-electron chi connectivity index (χ3n) is 5.77. The Morgan fingerprint density at radius 2 is 1.89 bits per heavy atom. The summed E-state index contributed by atoms with van der Waals surface area (Å²) in [7, 11) is 0. The molecule has 2 N–H and O–H groups in total. The Labute approximate surface area is 109 Å². The molecule has 2 heteroatoms. The summed E-state index contributed by atoms with van der Waals surface area (Å²) in [6, 6.07) is 8.90. The van der Waals surface area contributed by atoms with E-state index in [2.05, 4.69) is 29.2 Å². The summed E-state index contributed by atoms with van der Waals surface area (Å²) in [4.78, 5) is 2.70. The van der Waals surface area contributed by atoms with Crippen molar-refractivity contribution < 1.29 is 0 Å². The van der Waals surface area contributed by atoms with Crippen LogP contribution < -0.4 is 5.73 Å². The molecule has 1 aromatic carbocycles. The molecule has 0 spiro atoms. The summed E-state index contributed by atoms with van der Waals surface area (Å²) in [5, 5.41) is 0. The predicted octanol–water partition coefficient (Wildman–Crippen LogP) is 2.52. The molecule has 0 radical (unpaired) electrons. The minimum atomic E-state index is 0.321. The molecule has 3 aliphatic rings. The number of hydrogen-bond donors (Lipinski definition) is 1. The van der Waals surface area contributed by atoms with Gasteiger partial charge in [0.25, 0.3) is 0 Å². The normalized spacial score (nSPS) is 38.3. The summed E-state index contributed by atoms with van der Waals surface area (Å²) in [6.07, 6.45) is 5.65.